The quantitative estimate of drug-likeness (QED) is 0.615. The molecule has 29 heavy (non-hydrogen) atoms. The van der Waals surface area contributed by atoms with Gasteiger partial charge in [0.2, 0.25) is 0 Å². The average molecular weight is 393 g/mol. The minimum Gasteiger partial charge on any atom is -0.497 e. The van der Waals surface area contributed by atoms with Crippen LogP contribution in [0.1, 0.15) is 52.9 Å². The molecule has 1 atom stereocenters. The van der Waals surface area contributed by atoms with E-state index in [-0.39, 0.29) is 11.9 Å². The number of amides is 1. The first-order valence-electron chi connectivity index (χ1n) is 9.75. The Hall–Kier alpha value is -3.12. The topological polar surface area (TPSA) is 82.2 Å². The highest BCUT2D eigenvalue weighted by Crippen LogP contribution is 2.17. The molecule has 0 saturated carbocycles. The van der Waals surface area contributed by atoms with Gasteiger partial charge in [-0.3, -0.25) is 9.48 Å². The van der Waals surface area contributed by atoms with Crippen LogP contribution in [0, 0.1) is 0 Å². The number of hydrogen-bond donors (Lipinski definition) is 2. The van der Waals surface area contributed by atoms with Gasteiger partial charge in [0.15, 0.2) is 0 Å². The molecule has 3 N–H and O–H groups in total. The number of nitrogens with zero attached hydrogens (tertiary/aromatic N) is 2. The molecule has 0 saturated heterocycles. The zero-order chi connectivity index (χ0) is 20.8. The Kier molecular flexibility index (Phi) is 6.67. The summed E-state index contributed by atoms with van der Waals surface area (Å²) in [5.41, 5.74) is 10.1. The third kappa shape index (κ3) is 5.45. The van der Waals surface area contributed by atoms with Crippen LogP contribution >= 0.6 is 0 Å². The van der Waals surface area contributed by atoms with Gasteiger partial charge in [0, 0.05) is 18.8 Å². The second kappa shape index (κ2) is 9.39. The number of benzene rings is 2. The normalized spacial score (nSPS) is 12.0. The molecule has 3 aromatic rings. The first kappa shape index (κ1) is 20.6. The fourth-order valence-corrected chi connectivity index (χ4v) is 3.04. The summed E-state index contributed by atoms with van der Waals surface area (Å²) in [4.78, 5) is 12.4. The van der Waals surface area contributed by atoms with Crippen molar-refractivity contribution in [2.24, 2.45) is 5.73 Å². The van der Waals surface area contributed by atoms with Crippen molar-refractivity contribution in [1.82, 2.24) is 15.1 Å². The molecule has 1 heterocycles. The smallest absolute Gasteiger partial charge is 0.254 e. The zero-order valence-corrected chi connectivity index (χ0v) is 17.1. The summed E-state index contributed by atoms with van der Waals surface area (Å²) in [5, 5.41) is 7.17. The number of rotatable bonds is 8. The van der Waals surface area contributed by atoms with Gasteiger partial charge in [-0.1, -0.05) is 50.2 Å². The fraction of sp³-hybridized carbons (Fsp3) is 0.304. The van der Waals surface area contributed by atoms with Gasteiger partial charge in [-0.15, -0.1) is 0 Å². The third-order valence-electron chi connectivity index (χ3n) is 4.91. The van der Waals surface area contributed by atoms with Crippen molar-refractivity contribution >= 4 is 5.91 Å². The standard InChI is InChI=1S/C23H28N4O2/c1-16(2)18-6-8-19(9-7-18)22(24)13-25-23(28)20-12-26-27(15-20)14-17-4-10-21(29-3)11-5-17/h4-12,15-16,22H,13-14,24H2,1-3H3,(H,25,28). The van der Waals surface area contributed by atoms with E-state index in [4.69, 9.17) is 10.5 Å². The molecule has 152 valence electrons. The highest BCUT2D eigenvalue weighted by Gasteiger charge is 2.12. The molecule has 0 bridgehead atoms. The van der Waals surface area contributed by atoms with Gasteiger partial charge >= 0.3 is 0 Å². The monoisotopic (exact) mass is 392 g/mol. The van der Waals surface area contributed by atoms with Crippen LogP contribution in [0.25, 0.3) is 0 Å². The third-order valence-corrected chi connectivity index (χ3v) is 4.91. The lowest BCUT2D eigenvalue weighted by Crippen LogP contribution is -2.31. The summed E-state index contributed by atoms with van der Waals surface area (Å²) >= 11 is 0. The van der Waals surface area contributed by atoms with Gasteiger partial charge in [0.05, 0.1) is 25.4 Å². The molecule has 6 nitrogen and oxygen atoms in total. The van der Waals surface area contributed by atoms with Crippen LogP contribution in [0.4, 0.5) is 0 Å². The van der Waals surface area contributed by atoms with Gasteiger partial charge in [0.25, 0.3) is 5.91 Å². The Labute approximate surface area is 171 Å². The zero-order valence-electron chi connectivity index (χ0n) is 17.1. The number of nitrogens with one attached hydrogen (secondary N) is 1. The lowest BCUT2D eigenvalue weighted by atomic mass is 9.99. The number of ether oxygens (including phenoxy) is 1. The lowest BCUT2D eigenvalue weighted by Gasteiger charge is -2.14. The number of aromatic nitrogens is 2. The Morgan fingerprint density at radius 3 is 2.38 bits per heavy atom. The van der Waals surface area contributed by atoms with Crippen molar-refractivity contribution in [3.63, 3.8) is 0 Å². The summed E-state index contributed by atoms with van der Waals surface area (Å²) in [6, 6.07) is 15.7. The Morgan fingerprint density at radius 2 is 1.76 bits per heavy atom. The van der Waals surface area contributed by atoms with Crippen molar-refractivity contribution in [1.29, 1.82) is 0 Å². The minimum absolute atomic E-state index is 0.180. The van der Waals surface area contributed by atoms with E-state index in [1.54, 1.807) is 24.2 Å². The van der Waals surface area contributed by atoms with Gasteiger partial charge < -0.3 is 15.8 Å². The van der Waals surface area contributed by atoms with Crippen LogP contribution in [-0.4, -0.2) is 29.3 Å². The molecule has 2 aromatic carbocycles. The van der Waals surface area contributed by atoms with E-state index in [1.165, 1.54) is 5.56 Å². The maximum Gasteiger partial charge on any atom is 0.254 e. The van der Waals surface area contributed by atoms with Crippen LogP contribution in [0.3, 0.4) is 0 Å². The summed E-state index contributed by atoms with van der Waals surface area (Å²) in [6.45, 7) is 5.26. The van der Waals surface area contributed by atoms with Crippen molar-refractivity contribution < 1.29 is 9.53 Å². The minimum atomic E-state index is -0.255. The summed E-state index contributed by atoms with van der Waals surface area (Å²) in [6.07, 6.45) is 3.31. The molecule has 0 aliphatic rings. The van der Waals surface area contributed by atoms with E-state index < -0.39 is 0 Å². The van der Waals surface area contributed by atoms with E-state index >= 15 is 0 Å². The first-order valence-corrected chi connectivity index (χ1v) is 9.75. The summed E-state index contributed by atoms with van der Waals surface area (Å²) < 4.78 is 6.90. The summed E-state index contributed by atoms with van der Waals surface area (Å²) in [5.74, 6) is 1.11. The number of hydrogen-bond acceptors (Lipinski definition) is 4. The number of carbonyl (C=O) groups is 1. The van der Waals surface area contributed by atoms with Crippen molar-refractivity contribution in [2.45, 2.75) is 32.4 Å². The molecule has 1 unspecified atom stereocenters. The second-order valence-electron chi connectivity index (χ2n) is 7.41. The van der Waals surface area contributed by atoms with Crippen LogP contribution in [0.5, 0.6) is 5.75 Å². The predicted molar refractivity (Wildman–Crippen MR) is 114 cm³/mol. The molecular formula is C23H28N4O2. The average Bonchev–Trinajstić information content (AvgIpc) is 3.21. The van der Waals surface area contributed by atoms with Crippen LogP contribution in [0.2, 0.25) is 0 Å². The maximum absolute atomic E-state index is 12.4. The fourth-order valence-electron chi connectivity index (χ4n) is 3.04. The molecule has 0 aliphatic heterocycles. The van der Waals surface area contributed by atoms with E-state index in [2.05, 4.69) is 36.4 Å². The van der Waals surface area contributed by atoms with E-state index in [0.717, 1.165) is 16.9 Å². The molecular weight excluding hydrogens is 364 g/mol. The highest BCUT2D eigenvalue weighted by atomic mass is 16.5. The molecule has 0 aliphatic carbocycles. The van der Waals surface area contributed by atoms with Gasteiger partial charge in [-0.05, 0) is 34.7 Å². The highest BCUT2D eigenvalue weighted by molar-refractivity contribution is 5.93. The second-order valence-corrected chi connectivity index (χ2v) is 7.41. The SMILES string of the molecule is COc1ccc(Cn2cc(C(=O)NCC(N)c3ccc(C(C)C)cc3)cn2)cc1. The van der Waals surface area contributed by atoms with Crippen LogP contribution < -0.4 is 15.8 Å². The van der Waals surface area contributed by atoms with Crippen LogP contribution in [-0.2, 0) is 6.54 Å². The van der Waals surface area contributed by atoms with E-state index in [1.807, 2.05) is 36.4 Å². The molecule has 1 amide bonds. The van der Waals surface area contributed by atoms with Gasteiger partial charge in [-0.2, -0.15) is 5.10 Å². The van der Waals surface area contributed by atoms with E-state index in [9.17, 15) is 4.79 Å². The number of nitrogens with two attached hydrogens (primary N) is 1. The Bertz CT molecular complexity index is 930. The Morgan fingerprint density at radius 1 is 1.10 bits per heavy atom. The molecule has 0 fully saturated rings. The van der Waals surface area contributed by atoms with Crippen molar-refractivity contribution in [3.8, 4) is 5.75 Å². The molecule has 6 heteroatoms. The van der Waals surface area contributed by atoms with Crippen LogP contribution in [0.15, 0.2) is 60.9 Å². The largest absolute Gasteiger partial charge is 0.497 e. The maximum atomic E-state index is 12.4. The number of carbonyl (C=O) groups excluding carboxylic acids is 1. The molecule has 0 radical (unpaired) electrons. The Balaban J connectivity index is 1.54. The molecule has 3 rings (SSSR count). The predicted octanol–water partition coefficient (Wildman–Crippen LogP) is 3.49. The molecule has 1 aromatic heterocycles. The van der Waals surface area contributed by atoms with Crippen molar-refractivity contribution in [2.75, 3.05) is 13.7 Å². The van der Waals surface area contributed by atoms with E-state index in [0.29, 0.717) is 24.6 Å². The first-order chi connectivity index (χ1) is 14.0. The lowest BCUT2D eigenvalue weighted by molar-refractivity contribution is 0.0951. The molecule has 0 spiro atoms. The van der Waals surface area contributed by atoms with Gasteiger partial charge in [-0.25, -0.2) is 0 Å². The summed E-state index contributed by atoms with van der Waals surface area (Å²) in [7, 11) is 1.64. The van der Waals surface area contributed by atoms with Crippen molar-refractivity contribution in [3.05, 3.63) is 83.2 Å². The van der Waals surface area contributed by atoms with Gasteiger partial charge in [0.1, 0.15) is 5.75 Å². The number of methoxy groups -OCH3 is 1.